The summed E-state index contributed by atoms with van der Waals surface area (Å²) in [5.41, 5.74) is 13.8. The number of hydroxylamine groups is 2. The maximum absolute atomic E-state index is 10.3. The van der Waals surface area contributed by atoms with Crippen LogP contribution < -0.4 is 29.8 Å². The zero-order valence-electron chi connectivity index (χ0n) is 43.6. The first kappa shape index (κ1) is 60.2. The quantitative estimate of drug-likeness (QED) is 0.0918. The van der Waals surface area contributed by atoms with Gasteiger partial charge in [-0.05, 0) is 149 Å². The molecule has 4 aromatic rings. The lowest BCUT2D eigenvalue weighted by Gasteiger charge is -2.13. The molecule has 0 saturated carbocycles. The first-order chi connectivity index (χ1) is 32.7. The van der Waals surface area contributed by atoms with E-state index >= 15 is 0 Å². The minimum Gasteiger partial charge on any atom is -0.378 e. The summed E-state index contributed by atoms with van der Waals surface area (Å²) in [6.07, 6.45) is 29.4. The number of aromatic nitrogens is 1. The van der Waals surface area contributed by atoms with Gasteiger partial charge in [0.2, 0.25) is 12.4 Å². The van der Waals surface area contributed by atoms with Gasteiger partial charge in [0.25, 0.3) is 0 Å². The number of quaternary nitrogens is 1. The number of dihydropyridines is 1. The molecule has 0 saturated heterocycles. The van der Waals surface area contributed by atoms with Crippen molar-refractivity contribution in [2.24, 2.45) is 0 Å². The van der Waals surface area contributed by atoms with Gasteiger partial charge in [-0.3, -0.25) is 10.0 Å². The van der Waals surface area contributed by atoms with Crippen LogP contribution in [0.5, 0.6) is 0 Å². The molecule has 0 bridgehead atoms. The molecule has 368 valence electrons. The van der Waals surface area contributed by atoms with Crippen LogP contribution in [0.2, 0.25) is 0 Å². The maximum Gasteiger partial charge on any atom is 0.222 e. The first-order valence-corrected chi connectivity index (χ1v) is 23.4. The molecule has 2 aliphatic heterocycles. The van der Waals surface area contributed by atoms with Crippen molar-refractivity contribution in [3.63, 3.8) is 0 Å². The maximum atomic E-state index is 10.3. The summed E-state index contributed by atoms with van der Waals surface area (Å²) in [4.78, 5) is 17.7. The lowest BCUT2D eigenvalue weighted by atomic mass is 10.1. The van der Waals surface area contributed by atoms with Crippen molar-refractivity contribution in [1.29, 1.82) is 0 Å². The molecule has 10 heteroatoms. The van der Waals surface area contributed by atoms with E-state index in [0.717, 1.165) is 27.4 Å². The summed E-state index contributed by atoms with van der Waals surface area (Å²) < 4.78 is 1.00. The molecule has 9 nitrogen and oxygen atoms in total. The molecule has 0 fully saturated rings. The number of hydrogen-bond acceptors (Lipinski definition) is 8. The molecule has 69 heavy (non-hydrogen) atoms. The number of hydrogen-bond donors (Lipinski definition) is 4. The van der Waals surface area contributed by atoms with Crippen LogP contribution in [-0.4, -0.2) is 69.9 Å². The topological polar surface area (TPSA) is 87.6 Å². The highest BCUT2D eigenvalue weighted by molar-refractivity contribution is 7.80. The number of nitrogens with zero attached hydrogens (tertiary/aromatic N) is 4. The van der Waals surface area contributed by atoms with Gasteiger partial charge in [0.1, 0.15) is 12.7 Å². The van der Waals surface area contributed by atoms with E-state index in [2.05, 4.69) is 176 Å². The molecule has 1 aromatic heterocycles. The zero-order chi connectivity index (χ0) is 51.7. The summed E-state index contributed by atoms with van der Waals surface area (Å²) in [6.45, 7) is 19.0. The fraction of sp³-hybridized carbons (Fsp3) is 0.271. The molecule has 1 unspecified atom stereocenters. The first-order valence-electron chi connectivity index (χ1n) is 23.0. The molecule has 0 amide bonds. The largest absolute Gasteiger partial charge is 0.378 e. The minimum absolute atomic E-state index is 0.197. The summed E-state index contributed by atoms with van der Waals surface area (Å²) >= 11 is 4.93. The van der Waals surface area contributed by atoms with E-state index in [1.54, 1.807) is 42.9 Å². The van der Waals surface area contributed by atoms with E-state index in [1.165, 1.54) is 50.5 Å². The van der Waals surface area contributed by atoms with E-state index in [-0.39, 0.29) is 5.78 Å². The Kier molecular flexibility index (Phi) is 30.0. The van der Waals surface area contributed by atoms with Crippen molar-refractivity contribution < 1.29 is 25.0 Å². The second kappa shape index (κ2) is 34.4. The van der Waals surface area contributed by atoms with Crippen molar-refractivity contribution in [2.45, 2.75) is 61.3 Å². The van der Waals surface area contributed by atoms with Crippen LogP contribution in [0.3, 0.4) is 0 Å². The van der Waals surface area contributed by atoms with Gasteiger partial charge in [0.15, 0.2) is 5.78 Å². The molecule has 4 aliphatic rings. The van der Waals surface area contributed by atoms with Crippen molar-refractivity contribution in [3.8, 4) is 0 Å². The van der Waals surface area contributed by atoms with E-state index < -0.39 is 0 Å². The second-order valence-corrected chi connectivity index (χ2v) is 17.7. The van der Waals surface area contributed by atoms with Gasteiger partial charge in [-0.2, -0.15) is 5.06 Å². The molecule has 0 spiro atoms. The number of pyridine rings is 1. The van der Waals surface area contributed by atoms with Crippen LogP contribution in [-0.2, 0) is 4.79 Å². The molecular formula is C59H80N6O3S+2. The van der Waals surface area contributed by atoms with Gasteiger partial charge >= 0.3 is 0 Å². The third-order valence-corrected chi connectivity index (χ3v) is 10.2. The highest BCUT2D eigenvalue weighted by atomic mass is 32.1. The van der Waals surface area contributed by atoms with Crippen LogP contribution in [0.15, 0.2) is 206 Å². The standard InChI is InChI=1S/C10H15N.2C9H13N.C7H9N.C7H8S.C6H9NO.C6H6O.C5H6NO/c1-8-5-6-10(11(3)4)7-9(8)2;2*1-8-5-4-6-9(7-8)10(2)3;1-6-4-3-5-7(2)8-6;2*1-6-2-4-7(8)5-3-6;2*7-6-4-2-1-3-5-6/h5-7H,1-4H3;2*4-7H,1-3H3;3-5,8H,1H2,2H3;2-4H,5H2,1H3;2-4,8H,5H2,1H3;1-4H,5H2;1-5,7H/q;;;;;;;+1/p+1. The van der Waals surface area contributed by atoms with E-state index in [9.17, 15) is 4.79 Å². The molecule has 0 radical (unpaired) electrons. The number of allylic oxidation sites excluding steroid dienone is 14. The lowest BCUT2D eigenvalue weighted by molar-refractivity contribution is -1.04. The normalized spacial score (nSPS) is 14.4. The fourth-order valence-corrected chi connectivity index (χ4v) is 5.75. The number of carbonyl (C=O) groups is 1. The van der Waals surface area contributed by atoms with Gasteiger partial charge in [-0.25, -0.2) is 5.21 Å². The van der Waals surface area contributed by atoms with Gasteiger partial charge in [-0.15, -0.1) is 0 Å². The predicted octanol–water partition coefficient (Wildman–Crippen LogP) is 11.3. The van der Waals surface area contributed by atoms with E-state index in [0.29, 0.717) is 18.0 Å². The third kappa shape index (κ3) is 30.2. The average Bonchev–Trinajstić information content (AvgIpc) is 3.31. The second-order valence-electron chi connectivity index (χ2n) is 17.1. The molecule has 1 atom stereocenters. The number of carbonyl (C=O) groups excluding carboxylic acids is 1. The number of thiocarbonyl (C=S) groups is 1. The van der Waals surface area contributed by atoms with Crippen LogP contribution >= 0.6 is 12.2 Å². The van der Waals surface area contributed by atoms with Crippen LogP contribution in [0.1, 0.15) is 55.9 Å². The lowest BCUT2D eigenvalue weighted by Crippen LogP contribution is -3.05. The molecule has 2 aliphatic carbocycles. The Labute approximate surface area is 421 Å². The number of nitrogens with one attached hydrogen (secondary N) is 2. The Balaban J connectivity index is 0.000000396. The Morgan fingerprint density at radius 3 is 1.51 bits per heavy atom. The van der Waals surface area contributed by atoms with Crippen LogP contribution in [0, 0.1) is 27.7 Å². The number of anilines is 3. The van der Waals surface area contributed by atoms with Crippen molar-refractivity contribution >= 4 is 39.9 Å². The highest BCUT2D eigenvalue weighted by Crippen LogP contribution is 2.16. The highest BCUT2D eigenvalue weighted by Gasteiger charge is 2.01. The predicted molar refractivity (Wildman–Crippen MR) is 299 cm³/mol. The Bertz CT molecular complexity index is 2390. The van der Waals surface area contributed by atoms with Gasteiger partial charge in [0.05, 0.1) is 0 Å². The summed E-state index contributed by atoms with van der Waals surface area (Å²) in [6, 6.07) is 28.7. The van der Waals surface area contributed by atoms with Gasteiger partial charge in [-0.1, -0.05) is 97.2 Å². The molecule has 8 rings (SSSR count). The SMILES string of the molecule is C=C1C=CC=C(C)N1.CC1=CCC(=S)C=C1.CC1=CC[NH+](O)C=C1.Cc1ccc(N(C)C)cc1C.Cc1cccc(N(C)C)c1.Cc1cccc(N(C)C)c1.O=C1C=CC=CC1.O[n+]1ccccc1. The van der Waals surface area contributed by atoms with Crippen molar-refractivity contribution in [3.05, 3.63) is 228 Å². The smallest absolute Gasteiger partial charge is 0.222 e. The number of ketones is 1. The van der Waals surface area contributed by atoms with Crippen molar-refractivity contribution in [1.82, 2.24) is 5.32 Å². The van der Waals surface area contributed by atoms with E-state index in [1.807, 2.05) is 74.6 Å². The van der Waals surface area contributed by atoms with E-state index in [4.69, 9.17) is 22.6 Å². The average molecular weight is 953 g/mol. The number of rotatable bonds is 3. The fourth-order valence-electron chi connectivity index (χ4n) is 5.60. The minimum atomic E-state index is 0.197. The van der Waals surface area contributed by atoms with Gasteiger partial charge in [0, 0.05) is 105 Å². The summed E-state index contributed by atoms with van der Waals surface area (Å²) in [5, 5.41) is 20.9. The molecule has 3 heterocycles. The number of benzene rings is 3. The summed E-state index contributed by atoms with van der Waals surface area (Å²) in [5.74, 6) is 0.197. The third-order valence-electron chi connectivity index (χ3n) is 9.92. The zero-order valence-corrected chi connectivity index (χ0v) is 44.4. The Morgan fingerprint density at radius 1 is 0.623 bits per heavy atom. The molecule has 3 aromatic carbocycles. The molecule has 4 N–H and O–H groups in total. The van der Waals surface area contributed by atoms with Crippen LogP contribution in [0.25, 0.3) is 0 Å². The van der Waals surface area contributed by atoms with Crippen molar-refractivity contribution in [2.75, 3.05) is 63.5 Å². The summed E-state index contributed by atoms with van der Waals surface area (Å²) in [7, 11) is 12.3. The Morgan fingerprint density at radius 2 is 1.19 bits per heavy atom. The monoisotopic (exact) mass is 953 g/mol. The van der Waals surface area contributed by atoms with Gasteiger partial charge < -0.3 is 20.0 Å². The molecular weight excluding hydrogens is 873 g/mol. The van der Waals surface area contributed by atoms with Crippen LogP contribution in [0.4, 0.5) is 17.1 Å². The Hall–Kier alpha value is -6.85. The number of aryl methyl sites for hydroxylation is 4.